The van der Waals surface area contributed by atoms with Gasteiger partial charge in [-0.2, -0.15) is 0 Å². The summed E-state index contributed by atoms with van der Waals surface area (Å²) in [6, 6.07) is 0. The minimum atomic E-state index is -1.86. The Labute approximate surface area is 46.3 Å². The van der Waals surface area contributed by atoms with Crippen LogP contribution < -0.4 is 0 Å². The summed E-state index contributed by atoms with van der Waals surface area (Å²) in [7, 11) is 0. The minimum absolute atomic E-state index is 0.197. The SMILES string of the molecule is O=C(O)C1([18F])CCC1. The molecular formula is C5H7FO2. The number of carboxylic acid groups (broad SMARTS) is 1. The summed E-state index contributed by atoms with van der Waals surface area (Å²) < 4.78 is 12.4. The van der Waals surface area contributed by atoms with Gasteiger partial charge >= 0.3 is 5.97 Å². The quantitative estimate of drug-likeness (QED) is 0.555. The molecule has 1 saturated carbocycles. The Morgan fingerprint density at radius 2 is 2.12 bits per heavy atom. The van der Waals surface area contributed by atoms with E-state index in [-0.39, 0.29) is 12.8 Å². The Bertz CT molecular complexity index is 118. The fraction of sp³-hybridized carbons (Fsp3) is 0.800. The van der Waals surface area contributed by atoms with E-state index < -0.39 is 11.6 Å². The summed E-state index contributed by atoms with van der Waals surface area (Å²) in [4.78, 5) is 9.93. The fourth-order valence-electron chi connectivity index (χ4n) is 0.701. The lowest BCUT2D eigenvalue weighted by Crippen LogP contribution is -2.40. The van der Waals surface area contributed by atoms with Crippen molar-refractivity contribution in [3.63, 3.8) is 0 Å². The van der Waals surface area contributed by atoms with Crippen molar-refractivity contribution in [1.29, 1.82) is 0 Å². The summed E-state index contributed by atoms with van der Waals surface area (Å²) >= 11 is 0. The van der Waals surface area contributed by atoms with E-state index in [0.717, 1.165) is 0 Å². The molecule has 0 atom stereocenters. The number of aliphatic carboxylic acids is 1. The number of rotatable bonds is 1. The van der Waals surface area contributed by atoms with Crippen LogP contribution in [0.3, 0.4) is 0 Å². The molecule has 0 bridgehead atoms. The predicted molar refractivity (Wildman–Crippen MR) is 25.3 cm³/mol. The summed E-state index contributed by atoms with van der Waals surface area (Å²) in [5.41, 5.74) is -1.86. The monoisotopic (exact) mass is 117 g/mol. The van der Waals surface area contributed by atoms with Crippen LogP contribution in [0.2, 0.25) is 0 Å². The van der Waals surface area contributed by atoms with Crippen LogP contribution in [0.5, 0.6) is 0 Å². The van der Waals surface area contributed by atoms with E-state index in [1.54, 1.807) is 0 Å². The molecule has 3 heteroatoms. The summed E-state index contributed by atoms with van der Waals surface area (Å²) in [6.45, 7) is 0. The van der Waals surface area contributed by atoms with Gasteiger partial charge in [-0.25, -0.2) is 9.18 Å². The Morgan fingerprint density at radius 3 is 2.12 bits per heavy atom. The maximum Gasteiger partial charge on any atom is 0.341 e. The zero-order valence-corrected chi connectivity index (χ0v) is 4.35. The first-order valence-electron chi connectivity index (χ1n) is 2.57. The third-order valence-corrected chi connectivity index (χ3v) is 1.53. The standard InChI is InChI=1S/C5H7FO2/c6-5(4(7)8)2-1-3-5/h1-3H2,(H,7,8)/i6-1. The van der Waals surface area contributed by atoms with Gasteiger partial charge in [-0.3, -0.25) is 0 Å². The van der Waals surface area contributed by atoms with E-state index in [4.69, 9.17) is 5.11 Å². The van der Waals surface area contributed by atoms with Gasteiger partial charge in [-0.1, -0.05) is 0 Å². The van der Waals surface area contributed by atoms with Crippen molar-refractivity contribution < 1.29 is 14.3 Å². The van der Waals surface area contributed by atoms with E-state index in [0.29, 0.717) is 6.42 Å². The zero-order chi connectivity index (χ0) is 6.20. The smallest absolute Gasteiger partial charge is 0.341 e. The van der Waals surface area contributed by atoms with Crippen molar-refractivity contribution in [2.24, 2.45) is 0 Å². The molecule has 46 valence electrons. The Morgan fingerprint density at radius 1 is 1.62 bits per heavy atom. The molecule has 1 fully saturated rings. The lowest BCUT2D eigenvalue weighted by atomic mass is 9.82. The average Bonchev–Trinajstić information content (AvgIpc) is 1.60. The Kier molecular flexibility index (Phi) is 0.994. The molecule has 0 aromatic heterocycles. The first-order chi connectivity index (χ1) is 3.65. The van der Waals surface area contributed by atoms with Crippen LogP contribution in [-0.2, 0) is 4.79 Å². The van der Waals surface area contributed by atoms with Crippen molar-refractivity contribution >= 4 is 5.97 Å². The van der Waals surface area contributed by atoms with Crippen molar-refractivity contribution in [1.82, 2.24) is 0 Å². The maximum absolute atomic E-state index is 12.4. The molecule has 1 N–H and O–H groups in total. The lowest BCUT2D eigenvalue weighted by molar-refractivity contribution is -0.156. The third kappa shape index (κ3) is 0.582. The number of hydrogen-bond donors (Lipinski definition) is 1. The largest absolute Gasteiger partial charge is 0.479 e. The van der Waals surface area contributed by atoms with Crippen molar-refractivity contribution in [3.05, 3.63) is 0 Å². The second kappa shape index (κ2) is 1.44. The molecule has 1 aliphatic carbocycles. The molecule has 0 unspecified atom stereocenters. The zero-order valence-electron chi connectivity index (χ0n) is 4.35. The molecule has 0 aliphatic heterocycles. The van der Waals surface area contributed by atoms with Gasteiger partial charge in [-0.15, -0.1) is 0 Å². The molecule has 0 aromatic rings. The molecule has 0 spiro atoms. The first-order valence-corrected chi connectivity index (χ1v) is 2.57. The molecule has 0 amide bonds. The molecular weight excluding hydrogens is 110 g/mol. The summed E-state index contributed by atoms with van der Waals surface area (Å²) in [6.07, 6.45) is 1.10. The highest BCUT2D eigenvalue weighted by Gasteiger charge is 2.44. The first kappa shape index (κ1) is 5.54. The Hall–Kier alpha value is -0.600. The van der Waals surface area contributed by atoms with Gasteiger partial charge in [0.25, 0.3) is 0 Å². The number of alkyl halides is 1. The van der Waals surface area contributed by atoms with Crippen molar-refractivity contribution in [3.8, 4) is 0 Å². The summed E-state index contributed by atoms with van der Waals surface area (Å²) in [5.74, 6) is -1.30. The van der Waals surface area contributed by atoms with E-state index >= 15 is 0 Å². The van der Waals surface area contributed by atoms with Crippen LogP contribution in [0.25, 0.3) is 0 Å². The van der Waals surface area contributed by atoms with Gasteiger partial charge in [0.05, 0.1) is 0 Å². The highest BCUT2D eigenvalue weighted by atomic mass is 18.2. The summed E-state index contributed by atoms with van der Waals surface area (Å²) in [5, 5.41) is 8.12. The number of carbonyl (C=O) groups is 1. The molecule has 1 rings (SSSR count). The van der Waals surface area contributed by atoms with Gasteiger partial charge in [0.15, 0.2) is 0 Å². The molecule has 2 nitrogen and oxygen atoms in total. The minimum Gasteiger partial charge on any atom is -0.479 e. The van der Waals surface area contributed by atoms with Crippen LogP contribution in [0.4, 0.5) is 4.39 Å². The van der Waals surface area contributed by atoms with Crippen LogP contribution in [0.15, 0.2) is 0 Å². The fourth-order valence-corrected chi connectivity index (χ4v) is 0.701. The third-order valence-electron chi connectivity index (χ3n) is 1.53. The van der Waals surface area contributed by atoms with Gasteiger partial charge in [0, 0.05) is 0 Å². The van der Waals surface area contributed by atoms with Crippen LogP contribution >= 0.6 is 0 Å². The normalized spacial score (nSPS) is 24.1. The van der Waals surface area contributed by atoms with E-state index in [1.165, 1.54) is 0 Å². The highest BCUT2D eigenvalue weighted by molar-refractivity contribution is 5.78. The van der Waals surface area contributed by atoms with Gasteiger partial charge < -0.3 is 5.11 Å². The van der Waals surface area contributed by atoms with Crippen LogP contribution in [-0.4, -0.2) is 16.7 Å². The van der Waals surface area contributed by atoms with Crippen LogP contribution in [0.1, 0.15) is 19.3 Å². The van der Waals surface area contributed by atoms with E-state index in [2.05, 4.69) is 0 Å². The van der Waals surface area contributed by atoms with Crippen LogP contribution in [0, 0.1) is 0 Å². The van der Waals surface area contributed by atoms with Crippen molar-refractivity contribution in [2.45, 2.75) is 24.9 Å². The highest BCUT2D eigenvalue weighted by Crippen LogP contribution is 2.35. The number of hydrogen-bond acceptors (Lipinski definition) is 1. The molecule has 0 radical (unpaired) electrons. The molecule has 8 heavy (non-hydrogen) atoms. The van der Waals surface area contributed by atoms with E-state index in [1.807, 2.05) is 0 Å². The van der Waals surface area contributed by atoms with Gasteiger partial charge in [0.1, 0.15) is 0 Å². The Balaban J connectivity index is 2.53. The topological polar surface area (TPSA) is 37.3 Å². The lowest BCUT2D eigenvalue weighted by Gasteiger charge is -2.28. The average molecular weight is 117 g/mol. The van der Waals surface area contributed by atoms with E-state index in [9.17, 15) is 9.18 Å². The second-order valence-electron chi connectivity index (χ2n) is 2.12. The van der Waals surface area contributed by atoms with Crippen molar-refractivity contribution in [2.75, 3.05) is 0 Å². The number of carboxylic acids is 1. The van der Waals surface area contributed by atoms with Gasteiger partial charge in [0.2, 0.25) is 5.67 Å². The predicted octanol–water partition coefficient (Wildman–Crippen LogP) is 0.963. The molecule has 0 heterocycles. The molecule has 0 saturated heterocycles. The molecule has 0 aromatic carbocycles. The van der Waals surface area contributed by atoms with Gasteiger partial charge in [-0.05, 0) is 19.3 Å². The second-order valence-corrected chi connectivity index (χ2v) is 2.12. The number of halogens is 1. The molecule has 1 aliphatic rings. The maximum atomic E-state index is 12.4.